The van der Waals surface area contributed by atoms with Crippen LogP contribution in [0.2, 0.25) is 0 Å². The molecule has 3 N–H and O–H groups in total. The topological polar surface area (TPSA) is 125 Å². The summed E-state index contributed by atoms with van der Waals surface area (Å²) in [5, 5.41) is 11.7. The quantitative estimate of drug-likeness (QED) is 0.473. The Labute approximate surface area is 197 Å². The Hall–Kier alpha value is -3.89. The lowest BCUT2D eigenvalue weighted by Gasteiger charge is -2.28. The third kappa shape index (κ3) is 5.53. The van der Waals surface area contributed by atoms with Crippen LogP contribution in [0.4, 0.5) is 17.1 Å². The Kier molecular flexibility index (Phi) is 6.80. The van der Waals surface area contributed by atoms with E-state index in [0.717, 1.165) is 18.8 Å². The first-order valence-corrected chi connectivity index (χ1v) is 12.0. The van der Waals surface area contributed by atoms with Gasteiger partial charge in [0.15, 0.2) is 0 Å². The van der Waals surface area contributed by atoms with Gasteiger partial charge < -0.3 is 20.1 Å². The number of nitrogens with zero attached hydrogens (tertiary/aromatic N) is 1. The highest BCUT2D eigenvalue weighted by Crippen LogP contribution is 2.22. The molecule has 4 rings (SSSR count). The van der Waals surface area contributed by atoms with Crippen LogP contribution >= 0.6 is 0 Å². The minimum absolute atomic E-state index is 0.0259. The first-order valence-electron chi connectivity index (χ1n) is 10.5. The zero-order valence-corrected chi connectivity index (χ0v) is 18.9. The molecule has 0 saturated carbocycles. The molecule has 0 atom stereocenters. The van der Waals surface area contributed by atoms with Crippen molar-refractivity contribution in [2.24, 2.45) is 0 Å². The van der Waals surface area contributed by atoms with Gasteiger partial charge in [-0.2, -0.15) is 0 Å². The van der Waals surface area contributed by atoms with Crippen molar-refractivity contribution in [3.63, 3.8) is 0 Å². The van der Waals surface area contributed by atoms with Gasteiger partial charge in [-0.25, -0.2) is 13.2 Å². The van der Waals surface area contributed by atoms with Crippen LogP contribution in [0.5, 0.6) is 0 Å². The molecule has 0 unspecified atom stereocenters. The third-order valence-corrected chi connectivity index (χ3v) is 6.65. The van der Waals surface area contributed by atoms with E-state index < -0.39 is 21.9 Å². The fourth-order valence-electron chi connectivity index (χ4n) is 3.51. The first-order chi connectivity index (χ1) is 16.3. The van der Waals surface area contributed by atoms with Gasteiger partial charge in [0.1, 0.15) is 0 Å². The maximum absolute atomic E-state index is 12.9. The molecule has 176 valence electrons. The van der Waals surface area contributed by atoms with E-state index in [1.165, 1.54) is 42.5 Å². The van der Waals surface area contributed by atoms with Crippen LogP contribution in [0.15, 0.2) is 77.7 Å². The summed E-state index contributed by atoms with van der Waals surface area (Å²) in [5.74, 6) is -1.68. The number of aromatic carboxylic acids is 1. The van der Waals surface area contributed by atoms with Crippen LogP contribution in [0.1, 0.15) is 20.7 Å². The molecule has 9 nitrogen and oxygen atoms in total. The van der Waals surface area contributed by atoms with E-state index in [1.807, 2.05) is 12.1 Å². The number of hydrogen-bond donors (Lipinski definition) is 3. The van der Waals surface area contributed by atoms with Crippen molar-refractivity contribution < 1.29 is 27.9 Å². The van der Waals surface area contributed by atoms with E-state index in [0.29, 0.717) is 18.9 Å². The third-order valence-electron chi connectivity index (χ3n) is 5.27. The minimum atomic E-state index is -3.94. The van der Waals surface area contributed by atoms with Crippen molar-refractivity contribution in [3.05, 3.63) is 83.9 Å². The summed E-state index contributed by atoms with van der Waals surface area (Å²) in [5.41, 5.74) is 1.81. The van der Waals surface area contributed by atoms with E-state index in [2.05, 4.69) is 14.9 Å². The highest BCUT2D eigenvalue weighted by molar-refractivity contribution is 7.92. The van der Waals surface area contributed by atoms with Crippen LogP contribution in [-0.2, 0) is 14.8 Å². The molecule has 1 fully saturated rings. The Morgan fingerprint density at radius 2 is 1.53 bits per heavy atom. The van der Waals surface area contributed by atoms with Crippen molar-refractivity contribution in [3.8, 4) is 0 Å². The fraction of sp³-hybridized carbons (Fsp3) is 0.167. The number of anilines is 3. The Morgan fingerprint density at radius 3 is 2.24 bits per heavy atom. The molecule has 0 radical (unpaired) electrons. The summed E-state index contributed by atoms with van der Waals surface area (Å²) in [6, 6.07) is 18.5. The lowest BCUT2D eigenvalue weighted by molar-refractivity contribution is 0.0696. The number of morpholine rings is 1. The van der Waals surface area contributed by atoms with Crippen LogP contribution in [0.25, 0.3) is 0 Å². The van der Waals surface area contributed by atoms with Crippen molar-refractivity contribution in [1.82, 2.24) is 0 Å². The molecule has 1 amide bonds. The van der Waals surface area contributed by atoms with Gasteiger partial charge in [0, 0.05) is 35.7 Å². The molecule has 1 aliphatic rings. The lowest BCUT2D eigenvalue weighted by atomic mass is 10.2. The van der Waals surface area contributed by atoms with E-state index in [9.17, 15) is 18.0 Å². The molecule has 0 aliphatic carbocycles. The number of benzene rings is 3. The van der Waals surface area contributed by atoms with Crippen LogP contribution in [0, 0.1) is 0 Å². The van der Waals surface area contributed by atoms with Gasteiger partial charge in [0.2, 0.25) is 0 Å². The molecule has 1 aliphatic heterocycles. The molecule has 1 heterocycles. The number of carboxylic acids is 1. The second-order valence-corrected chi connectivity index (χ2v) is 9.30. The first kappa shape index (κ1) is 23.3. The average molecular weight is 482 g/mol. The minimum Gasteiger partial charge on any atom is -0.478 e. The summed E-state index contributed by atoms with van der Waals surface area (Å²) < 4.78 is 33.7. The number of carbonyl (C=O) groups excluding carboxylic acids is 1. The summed E-state index contributed by atoms with van der Waals surface area (Å²) in [6.07, 6.45) is 0. The molecule has 1 saturated heterocycles. The number of ether oxygens (including phenoxy) is 1. The molecule has 3 aromatic rings. The predicted octanol–water partition coefficient (Wildman–Crippen LogP) is 3.27. The number of sulfonamides is 1. The summed E-state index contributed by atoms with van der Waals surface area (Å²) in [7, 11) is -3.94. The highest BCUT2D eigenvalue weighted by atomic mass is 32.2. The van der Waals surface area contributed by atoms with Crippen molar-refractivity contribution in [1.29, 1.82) is 0 Å². The molecule has 0 aromatic heterocycles. The highest BCUT2D eigenvalue weighted by Gasteiger charge is 2.18. The van der Waals surface area contributed by atoms with E-state index >= 15 is 0 Å². The van der Waals surface area contributed by atoms with Crippen molar-refractivity contribution in [2.45, 2.75) is 4.90 Å². The van der Waals surface area contributed by atoms with Gasteiger partial charge in [-0.05, 0) is 60.7 Å². The molecule has 0 spiro atoms. The van der Waals surface area contributed by atoms with E-state index in [4.69, 9.17) is 9.84 Å². The molecular formula is C24H23N3O6S. The number of nitrogens with one attached hydrogen (secondary N) is 2. The predicted molar refractivity (Wildman–Crippen MR) is 128 cm³/mol. The van der Waals surface area contributed by atoms with Gasteiger partial charge in [-0.1, -0.05) is 12.1 Å². The zero-order chi connectivity index (χ0) is 24.1. The van der Waals surface area contributed by atoms with Gasteiger partial charge in [-0.3, -0.25) is 9.52 Å². The van der Waals surface area contributed by atoms with E-state index in [-0.39, 0.29) is 21.7 Å². The Bertz CT molecular complexity index is 1300. The van der Waals surface area contributed by atoms with Crippen LogP contribution in [-0.4, -0.2) is 51.7 Å². The second-order valence-electron chi connectivity index (χ2n) is 7.62. The number of carbonyl (C=O) groups is 2. The van der Waals surface area contributed by atoms with Gasteiger partial charge >= 0.3 is 5.97 Å². The summed E-state index contributed by atoms with van der Waals surface area (Å²) >= 11 is 0. The summed E-state index contributed by atoms with van der Waals surface area (Å²) in [6.45, 7) is 2.87. The molecule has 10 heteroatoms. The molecule has 0 bridgehead atoms. The van der Waals surface area contributed by atoms with Crippen LogP contribution in [0.3, 0.4) is 0 Å². The number of amides is 1. The van der Waals surface area contributed by atoms with Crippen molar-refractivity contribution >= 4 is 39.0 Å². The number of hydrogen-bond acceptors (Lipinski definition) is 6. The SMILES string of the molecule is O=C(O)c1cccc(NC(=O)c2cccc(S(=O)(=O)Nc3ccc(N4CCOCC4)cc3)c2)c1. The largest absolute Gasteiger partial charge is 0.478 e. The van der Waals surface area contributed by atoms with Gasteiger partial charge in [-0.15, -0.1) is 0 Å². The molecule has 34 heavy (non-hydrogen) atoms. The number of rotatable bonds is 7. The Morgan fingerprint density at radius 1 is 0.853 bits per heavy atom. The monoisotopic (exact) mass is 481 g/mol. The van der Waals surface area contributed by atoms with E-state index in [1.54, 1.807) is 18.2 Å². The van der Waals surface area contributed by atoms with Gasteiger partial charge in [0.25, 0.3) is 15.9 Å². The maximum Gasteiger partial charge on any atom is 0.335 e. The smallest absolute Gasteiger partial charge is 0.335 e. The standard InChI is InChI=1S/C24H23N3O6S/c28-23(25-20-5-1-4-18(15-20)24(29)30)17-3-2-6-22(16-17)34(31,32)26-19-7-9-21(10-8-19)27-11-13-33-14-12-27/h1-10,15-16,26H,11-14H2,(H,25,28)(H,29,30). The normalized spacial score (nSPS) is 13.8. The molecule has 3 aromatic carbocycles. The number of carboxylic acid groups (broad SMARTS) is 1. The fourth-order valence-corrected chi connectivity index (χ4v) is 4.62. The van der Waals surface area contributed by atoms with Crippen LogP contribution < -0.4 is 14.9 Å². The Balaban J connectivity index is 1.47. The second kappa shape index (κ2) is 9.94. The zero-order valence-electron chi connectivity index (χ0n) is 18.1. The average Bonchev–Trinajstić information content (AvgIpc) is 2.85. The van der Waals surface area contributed by atoms with Crippen molar-refractivity contribution in [2.75, 3.05) is 41.2 Å². The maximum atomic E-state index is 12.9. The van der Waals surface area contributed by atoms with Gasteiger partial charge in [0.05, 0.1) is 23.7 Å². The summed E-state index contributed by atoms with van der Waals surface area (Å²) in [4.78, 5) is 25.8. The lowest BCUT2D eigenvalue weighted by Crippen LogP contribution is -2.36. The molecular weight excluding hydrogens is 458 g/mol.